The van der Waals surface area contributed by atoms with Crippen molar-refractivity contribution in [2.45, 2.75) is 78.1 Å². The summed E-state index contributed by atoms with van der Waals surface area (Å²) in [6.07, 6.45) is -1.11. The number of hydrogen-bond donors (Lipinski definition) is 1. The predicted octanol–water partition coefficient (Wildman–Crippen LogP) is 7.04. The average molecular weight is 408 g/mol. The van der Waals surface area contributed by atoms with Gasteiger partial charge in [-0.1, -0.05) is 39.0 Å². The maximum absolute atomic E-state index is 14.0. The van der Waals surface area contributed by atoms with Crippen molar-refractivity contribution in [1.82, 2.24) is 0 Å². The molecule has 1 saturated carbocycles. The van der Waals surface area contributed by atoms with Crippen molar-refractivity contribution in [3.05, 3.63) is 41.5 Å². The van der Waals surface area contributed by atoms with Crippen LogP contribution in [-0.4, -0.2) is 6.10 Å². The topological polar surface area (TPSA) is 35.2 Å². The van der Waals surface area contributed by atoms with Crippen LogP contribution < -0.4 is 10.5 Å². The molecule has 2 aromatic carbocycles. The summed E-state index contributed by atoms with van der Waals surface area (Å²) in [6.45, 7) is 10.3. The molecule has 0 heterocycles. The van der Waals surface area contributed by atoms with Gasteiger partial charge in [-0.25, -0.2) is 0 Å². The Hall–Kier alpha value is -1.75. The van der Waals surface area contributed by atoms with Crippen LogP contribution in [0.1, 0.15) is 71.4 Å². The van der Waals surface area contributed by atoms with Gasteiger partial charge in [0, 0.05) is 5.54 Å². The Labute approximate surface area is 171 Å². The van der Waals surface area contributed by atoms with Crippen molar-refractivity contribution in [3.8, 4) is 5.75 Å². The minimum atomic E-state index is -4.49. The molecule has 2 nitrogen and oxygen atoms in total. The smallest absolute Gasteiger partial charge is 0.420 e. The molecule has 1 fully saturated rings. The summed E-state index contributed by atoms with van der Waals surface area (Å²) in [5.74, 6) is 0.517. The molecule has 0 spiro atoms. The fourth-order valence-electron chi connectivity index (χ4n) is 4.33. The molecule has 0 radical (unpaired) electrons. The van der Waals surface area contributed by atoms with E-state index in [1.165, 1.54) is 12.1 Å². The lowest BCUT2D eigenvalue weighted by atomic mass is 9.72. The summed E-state index contributed by atoms with van der Waals surface area (Å²) in [4.78, 5) is 0. The zero-order valence-corrected chi connectivity index (χ0v) is 18.0. The van der Waals surface area contributed by atoms with Gasteiger partial charge < -0.3 is 10.5 Å². The van der Waals surface area contributed by atoms with E-state index in [1.807, 2.05) is 13.8 Å². The van der Waals surface area contributed by atoms with Gasteiger partial charge in [-0.05, 0) is 79.3 Å². The first-order valence-electron chi connectivity index (χ1n) is 10.4. The van der Waals surface area contributed by atoms with E-state index < -0.39 is 17.3 Å². The number of fused-ring (bicyclic) bond motifs is 1. The minimum Gasteiger partial charge on any atom is -0.490 e. The molecule has 2 aromatic rings. The highest BCUT2D eigenvalue weighted by molar-refractivity contribution is 5.89. The van der Waals surface area contributed by atoms with Crippen molar-refractivity contribution < 1.29 is 17.9 Å². The average Bonchev–Trinajstić information content (AvgIpc) is 2.59. The summed E-state index contributed by atoms with van der Waals surface area (Å²) in [6, 6.07) is 8.11. The monoisotopic (exact) mass is 407 g/mol. The first-order chi connectivity index (χ1) is 13.3. The minimum absolute atomic E-state index is 0.0658. The number of alkyl halides is 3. The largest absolute Gasteiger partial charge is 0.490 e. The molecule has 29 heavy (non-hydrogen) atoms. The third-order valence-electron chi connectivity index (χ3n) is 6.20. The molecule has 3 rings (SSSR count). The zero-order valence-electron chi connectivity index (χ0n) is 18.0. The lowest BCUT2D eigenvalue weighted by Gasteiger charge is -2.37. The standard InChI is InChI=1S/C24H32F3NO/c1-22(2,3)16-7-10-18(11-8-16)29-20-13-6-15-14-17(23(4,5)28)9-12-19(15)21(20)24(25,26)27/h6,9,12-14,16,18H,7-8,10-11,28H2,1-5H3. The van der Waals surface area contributed by atoms with Crippen LogP contribution in [0.4, 0.5) is 13.2 Å². The fourth-order valence-corrected chi connectivity index (χ4v) is 4.33. The van der Waals surface area contributed by atoms with Crippen molar-refractivity contribution in [3.63, 3.8) is 0 Å². The SMILES string of the molecule is CC(C)(N)c1ccc2c(C(F)(F)F)c(OC3CCC(C(C)(C)C)CC3)ccc2c1. The number of rotatable bonds is 3. The molecule has 0 atom stereocenters. The van der Waals surface area contributed by atoms with E-state index >= 15 is 0 Å². The van der Waals surface area contributed by atoms with Gasteiger partial charge in [-0.3, -0.25) is 0 Å². The third kappa shape index (κ3) is 4.88. The van der Waals surface area contributed by atoms with Crippen LogP contribution in [0.25, 0.3) is 10.8 Å². The summed E-state index contributed by atoms with van der Waals surface area (Å²) >= 11 is 0. The third-order valence-corrected chi connectivity index (χ3v) is 6.20. The van der Waals surface area contributed by atoms with Gasteiger partial charge in [0.05, 0.1) is 6.10 Å². The molecule has 0 saturated heterocycles. The van der Waals surface area contributed by atoms with Crippen LogP contribution in [0.3, 0.4) is 0 Å². The van der Waals surface area contributed by atoms with E-state index in [9.17, 15) is 13.2 Å². The van der Waals surface area contributed by atoms with Crippen molar-refractivity contribution in [2.75, 3.05) is 0 Å². The van der Waals surface area contributed by atoms with Gasteiger partial charge in [-0.2, -0.15) is 13.2 Å². The van der Waals surface area contributed by atoms with Crippen molar-refractivity contribution in [2.24, 2.45) is 17.1 Å². The molecule has 0 aromatic heterocycles. The van der Waals surface area contributed by atoms with E-state index in [4.69, 9.17) is 10.5 Å². The second-order valence-corrected chi connectivity index (χ2v) is 10.1. The summed E-state index contributed by atoms with van der Waals surface area (Å²) in [5, 5.41) is 0.684. The van der Waals surface area contributed by atoms with E-state index in [2.05, 4.69) is 20.8 Å². The quantitative estimate of drug-likeness (QED) is 0.592. The molecule has 0 unspecified atom stereocenters. The molecule has 1 aliphatic rings. The molecule has 0 bridgehead atoms. The highest BCUT2D eigenvalue weighted by atomic mass is 19.4. The van der Waals surface area contributed by atoms with E-state index in [1.54, 1.807) is 18.2 Å². The lowest BCUT2D eigenvalue weighted by Crippen LogP contribution is -2.31. The van der Waals surface area contributed by atoms with Gasteiger partial charge in [-0.15, -0.1) is 0 Å². The predicted molar refractivity (Wildman–Crippen MR) is 112 cm³/mol. The molecule has 0 aliphatic heterocycles. The zero-order chi connectivity index (χ0) is 21.6. The highest BCUT2D eigenvalue weighted by Crippen LogP contribution is 2.44. The van der Waals surface area contributed by atoms with E-state index in [-0.39, 0.29) is 22.7 Å². The van der Waals surface area contributed by atoms with E-state index in [0.717, 1.165) is 31.2 Å². The second-order valence-electron chi connectivity index (χ2n) is 10.1. The fraction of sp³-hybridized carbons (Fsp3) is 0.583. The van der Waals surface area contributed by atoms with Crippen LogP contribution in [0.2, 0.25) is 0 Å². The Kier molecular flexibility index (Phi) is 5.67. The van der Waals surface area contributed by atoms with Gasteiger partial charge in [0.2, 0.25) is 0 Å². The van der Waals surface area contributed by atoms with Crippen LogP contribution in [-0.2, 0) is 11.7 Å². The van der Waals surface area contributed by atoms with Crippen LogP contribution in [0.5, 0.6) is 5.75 Å². The Bertz CT molecular complexity index is 867. The van der Waals surface area contributed by atoms with E-state index in [0.29, 0.717) is 11.3 Å². The maximum Gasteiger partial charge on any atom is 0.420 e. The van der Waals surface area contributed by atoms with Crippen molar-refractivity contribution in [1.29, 1.82) is 0 Å². The number of halogens is 3. The number of hydrogen-bond acceptors (Lipinski definition) is 2. The maximum atomic E-state index is 14.0. The Morgan fingerprint density at radius 1 is 0.897 bits per heavy atom. The van der Waals surface area contributed by atoms with Gasteiger partial charge in [0.1, 0.15) is 11.3 Å². The molecule has 0 amide bonds. The molecule has 160 valence electrons. The van der Waals surface area contributed by atoms with Crippen LogP contribution in [0, 0.1) is 11.3 Å². The number of benzene rings is 2. The van der Waals surface area contributed by atoms with Gasteiger partial charge in [0.25, 0.3) is 0 Å². The lowest BCUT2D eigenvalue weighted by molar-refractivity contribution is -0.138. The summed E-state index contributed by atoms with van der Waals surface area (Å²) in [5.41, 5.74) is 5.84. The van der Waals surface area contributed by atoms with Crippen LogP contribution >= 0.6 is 0 Å². The first-order valence-corrected chi connectivity index (χ1v) is 10.4. The number of ether oxygens (including phenoxy) is 1. The molecular weight excluding hydrogens is 375 g/mol. The molecular formula is C24H32F3NO. The molecule has 5 heteroatoms. The second kappa shape index (κ2) is 7.50. The van der Waals surface area contributed by atoms with Crippen molar-refractivity contribution >= 4 is 10.8 Å². The Morgan fingerprint density at radius 2 is 1.52 bits per heavy atom. The highest BCUT2D eigenvalue weighted by Gasteiger charge is 2.38. The Balaban J connectivity index is 1.92. The molecule has 2 N–H and O–H groups in total. The summed E-state index contributed by atoms with van der Waals surface area (Å²) < 4.78 is 47.9. The van der Waals surface area contributed by atoms with Gasteiger partial charge >= 0.3 is 6.18 Å². The van der Waals surface area contributed by atoms with Crippen LogP contribution in [0.15, 0.2) is 30.3 Å². The van der Waals surface area contributed by atoms with Gasteiger partial charge in [0.15, 0.2) is 0 Å². The normalized spacial score (nSPS) is 21.4. The number of nitrogens with two attached hydrogens (primary N) is 1. The Morgan fingerprint density at radius 3 is 2.03 bits per heavy atom. The molecule has 1 aliphatic carbocycles. The summed E-state index contributed by atoms with van der Waals surface area (Å²) in [7, 11) is 0. The first kappa shape index (κ1) is 21.9.